The van der Waals surface area contributed by atoms with Crippen molar-refractivity contribution in [3.8, 4) is 0 Å². The molecule has 1 aromatic rings. The Bertz CT molecular complexity index is 390. The molecule has 0 bridgehead atoms. The maximum Gasteiger partial charge on any atom is 0.0368 e. The van der Waals surface area contributed by atoms with Crippen molar-refractivity contribution in [2.45, 2.75) is 38.5 Å². The molecule has 0 aromatic heterocycles. The fourth-order valence-electron chi connectivity index (χ4n) is 3.35. The molecular formula is C17H26N2. The molecule has 2 aliphatic heterocycles. The average molecular weight is 258 g/mol. The zero-order chi connectivity index (χ0) is 12.9. The van der Waals surface area contributed by atoms with Crippen LogP contribution in [0, 0.1) is 0 Å². The minimum atomic E-state index is 1.21. The van der Waals surface area contributed by atoms with Crippen LogP contribution in [0.1, 0.15) is 37.7 Å². The van der Waals surface area contributed by atoms with Gasteiger partial charge in [-0.05, 0) is 62.9 Å². The van der Waals surface area contributed by atoms with Crippen molar-refractivity contribution in [3.63, 3.8) is 0 Å². The summed E-state index contributed by atoms with van der Waals surface area (Å²) in [6, 6.07) is 9.22. The van der Waals surface area contributed by atoms with Crippen molar-refractivity contribution in [2.24, 2.45) is 0 Å². The summed E-state index contributed by atoms with van der Waals surface area (Å²) in [5.74, 6) is 0. The van der Waals surface area contributed by atoms with E-state index in [1.54, 1.807) is 0 Å². The van der Waals surface area contributed by atoms with E-state index in [4.69, 9.17) is 0 Å². The van der Waals surface area contributed by atoms with Crippen LogP contribution < -0.4 is 4.90 Å². The highest BCUT2D eigenvalue weighted by Gasteiger charge is 2.13. The fraction of sp³-hybridized carbons (Fsp3) is 0.647. The molecule has 104 valence electrons. The zero-order valence-electron chi connectivity index (χ0n) is 12.0. The van der Waals surface area contributed by atoms with Crippen LogP contribution in [-0.4, -0.2) is 37.6 Å². The number of hydrogen-bond donors (Lipinski definition) is 0. The average Bonchev–Trinajstić information content (AvgIpc) is 3.01. The first kappa shape index (κ1) is 13.0. The molecule has 2 saturated heterocycles. The quantitative estimate of drug-likeness (QED) is 0.817. The second-order valence-electron chi connectivity index (χ2n) is 6.02. The van der Waals surface area contributed by atoms with Crippen molar-refractivity contribution >= 4 is 5.69 Å². The predicted octanol–water partition coefficient (Wildman–Crippen LogP) is 3.32. The summed E-state index contributed by atoms with van der Waals surface area (Å²) in [6.45, 7) is 6.35. The highest BCUT2D eigenvalue weighted by atomic mass is 15.1. The Labute approximate surface area is 117 Å². The van der Waals surface area contributed by atoms with Gasteiger partial charge in [0.25, 0.3) is 0 Å². The number of rotatable bonds is 4. The summed E-state index contributed by atoms with van der Waals surface area (Å²) in [7, 11) is 0. The van der Waals surface area contributed by atoms with Crippen molar-refractivity contribution in [1.82, 2.24) is 4.90 Å². The second kappa shape index (κ2) is 6.42. The highest BCUT2D eigenvalue weighted by Crippen LogP contribution is 2.21. The highest BCUT2D eigenvalue weighted by molar-refractivity contribution is 5.49. The van der Waals surface area contributed by atoms with Crippen LogP contribution in [0.25, 0.3) is 0 Å². The molecule has 2 fully saturated rings. The number of nitrogens with zero attached hydrogens (tertiary/aromatic N) is 2. The Hall–Kier alpha value is -1.02. The third kappa shape index (κ3) is 3.50. The van der Waals surface area contributed by atoms with Crippen molar-refractivity contribution < 1.29 is 0 Å². The first-order valence-corrected chi connectivity index (χ1v) is 7.98. The van der Waals surface area contributed by atoms with Gasteiger partial charge in [0.05, 0.1) is 0 Å². The molecule has 2 aliphatic rings. The molecule has 0 atom stereocenters. The topological polar surface area (TPSA) is 6.48 Å². The van der Waals surface area contributed by atoms with E-state index in [0.717, 1.165) is 0 Å². The molecule has 2 heteroatoms. The molecule has 0 spiro atoms. The first-order chi connectivity index (χ1) is 9.42. The second-order valence-corrected chi connectivity index (χ2v) is 6.02. The van der Waals surface area contributed by atoms with Gasteiger partial charge in [-0.15, -0.1) is 0 Å². The Morgan fingerprint density at radius 3 is 2.37 bits per heavy atom. The Kier molecular flexibility index (Phi) is 4.39. The molecule has 0 aliphatic carbocycles. The molecule has 3 rings (SSSR count). The van der Waals surface area contributed by atoms with Crippen molar-refractivity contribution in [2.75, 3.05) is 37.6 Å². The van der Waals surface area contributed by atoms with Crippen molar-refractivity contribution in [3.05, 3.63) is 29.8 Å². The van der Waals surface area contributed by atoms with Gasteiger partial charge in [-0.2, -0.15) is 0 Å². The largest absolute Gasteiger partial charge is 0.372 e. The van der Waals surface area contributed by atoms with Gasteiger partial charge in [-0.1, -0.05) is 18.6 Å². The van der Waals surface area contributed by atoms with Gasteiger partial charge in [0.1, 0.15) is 0 Å². The minimum Gasteiger partial charge on any atom is -0.372 e. The smallest absolute Gasteiger partial charge is 0.0368 e. The van der Waals surface area contributed by atoms with E-state index in [-0.39, 0.29) is 0 Å². The number of hydrogen-bond acceptors (Lipinski definition) is 2. The van der Waals surface area contributed by atoms with E-state index in [1.165, 1.54) is 82.5 Å². The van der Waals surface area contributed by atoms with Crippen LogP contribution in [0.15, 0.2) is 24.3 Å². The lowest BCUT2D eigenvalue weighted by molar-refractivity contribution is 0.231. The summed E-state index contributed by atoms with van der Waals surface area (Å²) < 4.78 is 0. The summed E-state index contributed by atoms with van der Waals surface area (Å²) in [5, 5.41) is 0. The lowest BCUT2D eigenvalue weighted by atomic mass is 10.1. The van der Waals surface area contributed by atoms with Gasteiger partial charge >= 0.3 is 0 Å². The number of likely N-dealkylation sites (tertiary alicyclic amines) is 1. The summed E-state index contributed by atoms with van der Waals surface area (Å²) in [5.41, 5.74) is 2.95. The van der Waals surface area contributed by atoms with Crippen LogP contribution >= 0.6 is 0 Å². The van der Waals surface area contributed by atoms with Gasteiger partial charge < -0.3 is 9.80 Å². The van der Waals surface area contributed by atoms with E-state index >= 15 is 0 Å². The molecule has 1 aromatic carbocycles. The number of benzene rings is 1. The normalized spacial score (nSPS) is 20.9. The van der Waals surface area contributed by atoms with Gasteiger partial charge in [0.15, 0.2) is 0 Å². The van der Waals surface area contributed by atoms with E-state index in [1.807, 2.05) is 0 Å². The third-order valence-electron chi connectivity index (χ3n) is 4.55. The fourth-order valence-corrected chi connectivity index (χ4v) is 3.35. The third-order valence-corrected chi connectivity index (χ3v) is 4.55. The number of piperidine rings is 1. The minimum absolute atomic E-state index is 1.21. The molecule has 0 amide bonds. The Morgan fingerprint density at radius 2 is 1.58 bits per heavy atom. The molecular weight excluding hydrogens is 232 g/mol. The molecule has 0 N–H and O–H groups in total. The lowest BCUT2D eigenvalue weighted by Crippen LogP contribution is -2.31. The SMILES string of the molecule is c1cc(CCN2CCCCC2)cc(N2CCCC2)c1. The van der Waals surface area contributed by atoms with Crippen LogP contribution in [0.2, 0.25) is 0 Å². The zero-order valence-corrected chi connectivity index (χ0v) is 12.0. The van der Waals surface area contributed by atoms with Gasteiger partial charge in [-0.3, -0.25) is 0 Å². The summed E-state index contributed by atoms with van der Waals surface area (Å²) >= 11 is 0. The molecule has 2 nitrogen and oxygen atoms in total. The molecule has 0 saturated carbocycles. The monoisotopic (exact) mass is 258 g/mol. The van der Waals surface area contributed by atoms with Gasteiger partial charge in [0.2, 0.25) is 0 Å². The van der Waals surface area contributed by atoms with E-state index in [0.29, 0.717) is 0 Å². The van der Waals surface area contributed by atoms with Gasteiger partial charge in [-0.25, -0.2) is 0 Å². The van der Waals surface area contributed by atoms with E-state index < -0.39 is 0 Å². The van der Waals surface area contributed by atoms with Crippen LogP contribution in [-0.2, 0) is 6.42 Å². The standard InChI is InChI=1S/C17H26N2/c1-2-10-18(11-3-1)14-9-16-7-6-8-17(15-16)19-12-4-5-13-19/h6-8,15H,1-5,9-14H2. The van der Waals surface area contributed by atoms with Crippen LogP contribution in [0.3, 0.4) is 0 Å². The van der Waals surface area contributed by atoms with E-state index in [9.17, 15) is 0 Å². The predicted molar refractivity (Wildman–Crippen MR) is 81.9 cm³/mol. The maximum atomic E-state index is 2.63. The van der Waals surface area contributed by atoms with Crippen molar-refractivity contribution in [1.29, 1.82) is 0 Å². The summed E-state index contributed by atoms with van der Waals surface area (Å²) in [4.78, 5) is 5.16. The Balaban J connectivity index is 1.56. The lowest BCUT2D eigenvalue weighted by Gasteiger charge is -2.26. The summed E-state index contributed by atoms with van der Waals surface area (Å²) in [6.07, 6.45) is 8.15. The molecule has 0 unspecified atom stereocenters. The van der Waals surface area contributed by atoms with Crippen LogP contribution in [0.5, 0.6) is 0 Å². The first-order valence-electron chi connectivity index (χ1n) is 7.98. The number of anilines is 1. The maximum absolute atomic E-state index is 2.63. The van der Waals surface area contributed by atoms with E-state index in [2.05, 4.69) is 34.1 Å². The molecule has 19 heavy (non-hydrogen) atoms. The molecule has 2 heterocycles. The van der Waals surface area contributed by atoms with Gasteiger partial charge in [0, 0.05) is 25.3 Å². The molecule has 0 radical (unpaired) electrons. The van der Waals surface area contributed by atoms with Crippen LogP contribution in [0.4, 0.5) is 5.69 Å². The Morgan fingerprint density at radius 1 is 0.842 bits per heavy atom.